The molecule has 0 atom stereocenters. The van der Waals surface area contributed by atoms with Gasteiger partial charge in [-0.05, 0) is 33.1 Å². The molecule has 0 fully saturated rings. The minimum Gasteiger partial charge on any atom is -1.00 e. The van der Waals surface area contributed by atoms with Gasteiger partial charge in [-0.25, -0.2) is 0 Å². The van der Waals surface area contributed by atoms with Crippen LogP contribution in [0.25, 0.3) is 11.1 Å². The minimum absolute atomic E-state index is 0. The third-order valence-corrected chi connectivity index (χ3v) is 4.79. The van der Waals surface area contributed by atoms with Crippen molar-refractivity contribution in [2.75, 3.05) is 24.9 Å². The second-order valence-electron chi connectivity index (χ2n) is 5.46. The molecule has 4 heteroatoms. The van der Waals surface area contributed by atoms with Gasteiger partial charge in [0.2, 0.25) is 0 Å². The summed E-state index contributed by atoms with van der Waals surface area (Å²) in [6.45, 7) is 0.510. The van der Waals surface area contributed by atoms with Gasteiger partial charge < -0.3 is 28.7 Å². The normalized spacial score (nSPS) is 12.5. The Bertz CT molecular complexity index is 624. The Kier molecular flexibility index (Phi) is 5.92. The highest BCUT2D eigenvalue weighted by Crippen LogP contribution is 2.44. The number of esters is 1. The molecule has 0 amide bonds. The van der Waals surface area contributed by atoms with E-state index in [4.69, 9.17) is 4.74 Å². The van der Waals surface area contributed by atoms with Gasteiger partial charge in [0.25, 0.3) is 0 Å². The summed E-state index contributed by atoms with van der Waals surface area (Å²) in [5.41, 5.74) is 4.44. The smallest absolute Gasteiger partial charge is 0.318 e. The van der Waals surface area contributed by atoms with Crippen molar-refractivity contribution in [1.29, 1.82) is 0 Å². The van der Waals surface area contributed by atoms with E-state index in [0.717, 1.165) is 28.0 Å². The molecule has 0 radical (unpaired) electrons. The van der Waals surface area contributed by atoms with E-state index in [9.17, 15) is 4.79 Å². The van der Waals surface area contributed by atoms with Crippen LogP contribution in [-0.4, -0.2) is 30.8 Å². The van der Waals surface area contributed by atoms with E-state index < -0.39 is 0 Å². The molecule has 0 saturated carbocycles. The number of fused-ring (bicyclic) bond motifs is 3. The van der Waals surface area contributed by atoms with Crippen LogP contribution in [0.1, 0.15) is 17.0 Å². The summed E-state index contributed by atoms with van der Waals surface area (Å²) in [7, 11) is 0.299. The molecule has 0 heterocycles. The maximum atomic E-state index is 12.5. The van der Waals surface area contributed by atoms with Crippen LogP contribution in [0.2, 0.25) is 0 Å². The molecule has 2 aromatic rings. The number of rotatable bonds is 4. The summed E-state index contributed by atoms with van der Waals surface area (Å²) in [5, 5.41) is 0. The van der Waals surface area contributed by atoms with E-state index in [1.807, 2.05) is 36.4 Å². The fourth-order valence-corrected chi connectivity index (χ4v) is 3.22. The Morgan fingerprint density at radius 2 is 1.50 bits per heavy atom. The van der Waals surface area contributed by atoms with Crippen molar-refractivity contribution in [1.82, 2.24) is 0 Å². The van der Waals surface area contributed by atoms with Crippen molar-refractivity contribution >= 4 is 16.9 Å². The van der Waals surface area contributed by atoms with Gasteiger partial charge in [0.05, 0.1) is 12.5 Å². The van der Waals surface area contributed by atoms with Crippen LogP contribution in [0.5, 0.6) is 0 Å². The SMILES string of the molecule is C[S+](C)CCOC(=O)C1c2ccccc2-c2ccccc21.[I-]. The molecule has 1 aliphatic carbocycles. The van der Waals surface area contributed by atoms with Crippen LogP contribution in [0, 0.1) is 0 Å². The molecule has 3 rings (SSSR count). The molecule has 0 aliphatic heterocycles. The molecule has 0 N–H and O–H groups in total. The lowest BCUT2D eigenvalue weighted by Gasteiger charge is -2.12. The quantitative estimate of drug-likeness (QED) is 0.398. The highest BCUT2D eigenvalue weighted by atomic mass is 127. The molecule has 1 aliphatic rings. The standard InChI is InChI=1S/C18H19O2S.HI/c1-21(2)12-11-20-18(19)17-15-9-5-3-7-13(15)14-8-4-6-10-16(14)17;/h3-10,17H,11-12H2,1-2H3;1H/q+1;/p-1. The first-order chi connectivity index (χ1) is 10.2. The Balaban J connectivity index is 0.00000176. The molecule has 2 aromatic carbocycles. The molecule has 116 valence electrons. The minimum atomic E-state index is -0.270. The highest BCUT2D eigenvalue weighted by molar-refractivity contribution is 7.95. The molecule has 0 bridgehead atoms. The lowest BCUT2D eigenvalue weighted by Crippen LogP contribution is -3.00. The number of carbonyl (C=O) groups excluding carboxylic acids is 1. The Labute approximate surface area is 151 Å². The molecule has 0 saturated heterocycles. The molecule has 2 nitrogen and oxygen atoms in total. The van der Waals surface area contributed by atoms with E-state index in [1.165, 1.54) is 0 Å². The van der Waals surface area contributed by atoms with Gasteiger partial charge in [-0.3, -0.25) is 4.79 Å². The van der Waals surface area contributed by atoms with Crippen LogP contribution >= 0.6 is 0 Å². The zero-order valence-corrected chi connectivity index (χ0v) is 15.7. The van der Waals surface area contributed by atoms with Gasteiger partial charge in [-0.15, -0.1) is 0 Å². The number of hydrogen-bond acceptors (Lipinski definition) is 2. The predicted octanol–water partition coefficient (Wildman–Crippen LogP) is 0.224. The maximum absolute atomic E-state index is 12.5. The van der Waals surface area contributed by atoms with Crippen molar-refractivity contribution in [3.8, 4) is 11.1 Å². The first kappa shape index (κ1) is 17.3. The van der Waals surface area contributed by atoms with Crippen molar-refractivity contribution in [3.63, 3.8) is 0 Å². The van der Waals surface area contributed by atoms with Gasteiger partial charge >= 0.3 is 5.97 Å². The molecular weight excluding hydrogens is 407 g/mol. The number of benzene rings is 2. The van der Waals surface area contributed by atoms with Crippen LogP contribution in [-0.2, 0) is 20.4 Å². The van der Waals surface area contributed by atoms with Crippen LogP contribution in [0.3, 0.4) is 0 Å². The maximum Gasteiger partial charge on any atom is 0.318 e. The zero-order valence-electron chi connectivity index (χ0n) is 12.7. The van der Waals surface area contributed by atoms with E-state index in [0.29, 0.717) is 17.5 Å². The van der Waals surface area contributed by atoms with E-state index in [2.05, 4.69) is 24.6 Å². The average Bonchev–Trinajstić information content (AvgIpc) is 2.81. The van der Waals surface area contributed by atoms with Gasteiger partial charge in [-0.1, -0.05) is 48.5 Å². The lowest BCUT2D eigenvalue weighted by atomic mass is 9.97. The Hall–Kier alpha value is -1.01. The van der Waals surface area contributed by atoms with Crippen molar-refractivity contribution < 1.29 is 33.5 Å². The van der Waals surface area contributed by atoms with Crippen molar-refractivity contribution in [2.24, 2.45) is 0 Å². The lowest BCUT2D eigenvalue weighted by molar-refractivity contribution is -0.143. The first-order valence-corrected chi connectivity index (χ1v) is 9.28. The monoisotopic (exact) mass is 426 g/mol. The van der Waals surface area contributed by atoms with Gasteiger partial charge in [0, 0.05) is 0 Å². The third kappa shape index (κ3) is 3.33. The number of hydrogen-bond donors (Lipinski definition) is 0. The third-order valence-electron chi connectivity index (χ3n) is 3.81. The summed E-state index contributed by atoms with van der Waals surface area (Å²) in [6, 6.07) is 16.2. The predicted molar refractivity (Wildman–Crippen MR) is 88.8 cm³/mol. The van der Waals surface area contributed by atoms with E-state index in [1.54, 1.807) is 0 Å². The fourth-order valence-electron chi connectivity index (χ4n) is 2.80. The summed E-state index contributed by atoms with van der Waals surface area (Å²) in [5.74, 6) is 0.535. The van der Waals surface area contributed by atoms with Crippen LogP contribution in [0.15, 0.2) is 48.5 Å². The first-order valence-electron chi connectivity index (χ1n) is 7.07. The molecule has 0 spiro atoms. The summed E-state index contributed by atoms with van der Waals surface area (Å²) >= 11 is 0. The number of ether oxygens (including phenoxy) is 1. The molecule has 0 unspecified atom stereocenters. The van der Waals surface area contributed by atoms with Gasteiger partial charge in [-0.2, -0.15) is 0 Å². The fraction of sp³-hybridized carbons (Fsp3) is 0.278. The molecule has 0 aromatic heterocycles. The topological polar surface area (TPSA) is 26.3 Å². The Morgan fingerprint density at radius 3 is 2.00 bits per heavy atom. The van der Waals surface area contributed by atoms with Crippen LogP contribution < -0.4 is 24.0 Å². The zero-order chi connectivity index (χ0) is 14.8. The van der Waals surface area contributed by atoms with E-state index in [-0.39, 0.29) is 35.9 Å². The van der Waals surface area contributed by atoms with Gasteiger partial charge in [0.15, 0.2) is 0 Å². The molecular formula is C18H19IO2S. The summed E-state index contributed by atoms with van der Waals surface area (Å²) in [4.78, 5) is 12.5. The number of halogens is 1. The van der Waals surface area contributed by atoms with E-state index >= 15 is 0 Å². The van der Waals surface area contributed by atoms with Crippen molar-refractivity contribution in [3.05, 3.63) is 59.7 Å². The van der Waals surface area contributed by atoms with Crippen molar-refractivity contribution in [2.45, 2.75) is 5.92 Å². The van der Waals surface area contributed by atoms with Crippen LogP contribution in [0.4, 0.5) is 0 Å². The summed E-state index contributed by atoms with van der Waals surface area (Å²) in [6.07, 6.45) is 4.32. The summed E-state index contributed by atoms with van der Waals surface area (Å²) < 4.78 is 5.52. The largest absolute Gasteiger partial charge is 1.00 e. The molecule has 22 heavy (non-hydrogen) atoms. The Morgan fingerprint density at radius 1 is 1.00 bits per heavy atom. The highest BCUT2D eigenvalue weighted by Gasteiger charge is 2.34. The second kappa shape index (κ2) is 7.51. The van der Waals surface area contributed by atoms with Gasteiger partial charge in [0.1, 0.15) is 18.3 Å². The second-order valence-corrected chi connectivity index (χ2v) is 7.84. The average molecular weight is 426 g/mol. The number of carbonyl (C=O) groups is 1.